The van der Waals surface area contributed by atoms with Crippen LogP contribution in [0.2, 0.25) is 5.15 Å². The molecule has 2 rings (SSSR count). The molecule has 0 aliphatic rings. The van der Waals surface area contributed by atoms with Crippen molar-refractivity contribution in [3.8, 4) is 11.4 Å². The van der Waals surface area contributed by atoms with Crippen LogP contribution in [0.1, 0.15) is 19.0 Å². The fourth-order valence-electron chi connectivity index (χ4n) is 1.73. The second-order valence-corrected chi connectivity index (χ2v) is 6.11. The summed E-state index contributed by atoms with van der Waals surface area (Å²) in [6.07, 6.45) is 3.97. The minimum absolute atomic E-state index is 0.474. The number of hydrogen-bond donors (Lipinski definition) is 0. The number of nitrogens with zero attached hydrogens (tertiary/aromatic N) is 2. The lowest BCUT2D eigenvalue weighted by atomic mass is 10.2. The first kappa shape index (κ1) is 14.8. The van der Waals surface area contributed by atoms with Gasteiger partial charge in [0.15, 0.2) is 5.82 Å². The van der Waals surface area contributed by atoms with E-state index in [2.05, 4.69) is 51.2 Å². The average molecular weight is 358 g/mol. The number of benzene rings is 1. The van der Waals surface area contributed by atoms with Gasteiger partial charge in [-0.3, -0.25) is 0 Å². The fraction of sp³-hybridized carbons (Fsp3) is 0.286. The molecule has 0 spiro atoms. The molecule has 1 heterocycles. The maximum Gasteiger partial charge on any atom is 0.161 e. The van der Waals surface area contributed by atoms with Gasteiger partial charge in [-0.2, -0.15) is 0 Å². The fourth-order valence-corrected chi connectivity index (χ4v) is 2.71. The first-order chi connectivity index (χ1) is 9.15. The molecule has 0 fully saturated rings. The van der Waals surface area contributed by atoms with Gasteiger partial charge in [0.25, 0.3) is 0 Å². The molecular formula is C14H14BrClN2S. The summed E-state index contributed by atoms with van der Waals surface area (Å²) in [7, 11) is 0. The highest BCUT2D eigenvalue weighted by molar-refractivity contribution is 9.10. The number of thioether (sulfide) groups is 1. The highest BCUT2D eigenvalue weighted by Crippen LogP contribution is 2.28. The van der Waals surface area contributed by atoms with Gasteiger partial charge >= 0.3 is 0 Å². The van der Waals surface area contributed by atoms with Crippen molar-refractivity contribution in [2.24, 2.45) is 0 Å². The normalized spacial score (nSPS) is 10.7. The van der Waals surface area contributed by atoms with Gasteiger partial charge in [-0.15, -0.1) is 11.8 Å². The van der Waals surface area contributed by atoms with Gasteiger partial charge in [-0.05, 0) is 40.7 Å². The first-order valence-electron chi connectivity index (χ1n) is 6.02. The Kier molecular flexibility index (Phi) is 5.25. The molecule has 1 aromatic carbocycles. The zero-order chi connectivity index (χ0) is 13.8. The minimum atomic E-state index is 0.474. The maximum absolute atomic E-state index is 6.16. The van der Waals surface area contributed by atoms with E-state index in [1.54, 1.807) is 11.8 Å². The molecule has 19 heavy (non-hydrogen) atoms. The minimum Gasteiger partial charge on any atom is -0.232 e. The van der Waals surface area contributed by atoms with Crippen molar-refractivity contribution >= 4 is 39.3 Å². The molecule has 0 atom stereocenters. The number of halogens is 2. The Labute approximate surface area is 131 Å². The van der Waals surface area contributed by atoms with E-state index in [1.165, 1.54) is 4.90 Å². The quantitative estimate of drug-likeness (QED) is 0.553. The Morgan fingerprint density at radius 1 is 1.21 bits per heavy atom. The maximum atomic E-state index is 6.16. The summed E-state index contributed by atoms with van der Waals surface area (Å²) in [6, 6.07) is 8.19. The first-order valence-corrected chi connectivity index (χ1v) is 8.41. The van der Waals surface area contributed by atoms with E-state index in [4.69, 9.17) is 11.6 Å². The second kappa shape index (κ2) is 6.73. The van der Waals surface area contributed by atoms with Gasteiger partial charge < -0.3 is 0 Å². The van der Waals surface area contributed by atoms with Gasteiger partial charge in [-0.25, -0.2) is 9.97 Å². The molecule has 1 aromatic heterocycles. The predicted octanol–water partition coefficient (Wildman–Crippen LogP) is 5.23. The molecule has 0 N–H and O–H groups in total. The third-order valence-electron chi connectivity index (χ3n) is 2.71. The summed E-state index contributed by atoms with van der Waals surface area (Å²) in [5, 5.41) is 0.474. The van der Waals surface area contributed by atoms with E-state index in [1.807, 2.05) is 12.1 Å². The molecule has 0 aliphatic heterocycles. The number of aryl methyl sites for hydroxylation is 1. The van der Waals surface area contributed by atoms with E-state index >= 15 is 0 Å². The predicted molar refractivity (Wildman–Crippen MR) is 86.0 cm³/mol. The van der Waals surface area contributed by atoms with Crippen LogP contribution in [0.3, 0.4) is 0 Å². The van der Waals surface area contributed by atoms with Crippen molar-refractivity contribution < 1.29 is 0 Å². The summed E-state index contributed by atoms with van der Waals surface area (Å²) < 4.78 is 0.806. The highest BCUT2D eigenvalue weighted by atomic mass is 79.9. The number of aromatic nitrogens is 2. The van der Waals surface area contributed by atoms with Gasteiger partial charge in [-0.1, -0.05) is 37.1 Å². The monoisotopic (exact) mass is 356 g/mol. The van der Waals surface area contributed by atoms with E-state index in [-0.39, 0.29) is 0 Å². The molecule has 0 saturated carbocycles. The smallest absolute Gasteiger partial charge is 0.161 e. The van der Waals surface area contributed by atoms with Crippen molar-refractivity contribution in [1.82, 2.24) is 9.97 Å². The molecule has 0 bridgehead atoms. The topological polar surface area (TPSA) is 25.8 Å². The Morgan fingerprint density at radius 3 is 2.47 bits per heavy atom. The van der Waals surface area contributed by atoms with Gasteiger partial charge in [0, 0.05) is 10.5 Å². The molecule has 0 amide bonds. The molecule has 2 nitrogen and oxygen atoms in total. The molecule has 100 valence electrons. The van der Waals surface area contributed by atoms with Crippen molar-refractivity contribution in [1.29, 1.82) is 0 Å². The van der Waals surface area contributed by atoms with Gasteiger partial charge in [0.05, 0.1) is 10.2 Å². The Hall–Kier alpha value is -0.580. The van der Waals surface area contributed by atoms with Crippen LogP contribution in [0, 0.1) is 0 Å². The lowest BCUT2D eigenvalue weighted by Crippen LogP contribution is -1.98. The van der Waals surface area contributed by atoms with E-state index in [0.29, 0.717) is 11.0 Å². The summed E-state index contributed by atoms with van der Waals surface area (Å²) in [6.45, 7) is 2.12. The molecular weight excluding hydrogens is 344 g/mol. The molecule has 0 saturated heterocycles. The van der Waals surface area contributed by atoms with Crippen molar-refractivity contribution in [3.63, 3.8) is 0 Å². The van der Waals surface area contributed by atoms with Crippen molar-refractivity contribution in [2.75, 3.05) is 6.26 Å². The SMILES string of the molecule is CCCc1nc(-c2ccc(SC)cc2)nc(Cl)c1Br. The molecule has 5 heteroatoms. The summed E-state index contributed by atoms with van der Waals surface area (Å²) in [5.74, 6) is 0.685. The van der Waals surface area contributed by atoms with Crippen LogP contribution in [0.4, 0.5) is 0 Å². The summed E-state index contributed by atoms with van der Waals surface area (Å²) >= 11 is 11.3. The van der Waals surface area contributed by atoms with Crippen molar-refractivity contribution in [2.45, 2.75) is 24.7 Å². The van der Waals surface area contributed by atoms with Crippen LogP contribution in [-0.2, 0) is 6.42 Å². The second-order valence-electron chi connectivity index (χ2n) is 4.08. The Morgan fingerprint density at radius 2 is 1.89 bits per heavy atom. The Bertz CT molecular complexity index is 572. The molecule has 2 aromatic rings. The summed E-state index contributed by atoms with van der Waals surface area (Å²) in [5.41, 5.74) is 1.95. The van der Waals surface area contributed by atoms with Crippen LogP contribution in [0.5, 0.6) is 0 Å². The number of rotatable bonds is 4. The average Bonchev–Trinajstić information content (AvgIpc) is 2.44. The van der Waals surface area contributed by atoms with Gasteiger partial charge in [0.2, 0.25) is 0 Å². The number of hydrogen-bond acceptors (Lipinski definition) is 3. The largest absolute Gasteiger partial charge is 0.232 e. The third-order valence-corrected chi connectivity index (χ3v) is 4.79. The third kappa shape index (κ3) is 3.50. The van der Waals surface area contributed by atoms with E-state index < -0.39 is 0 Å². The van der Waals surface area contributed by atoms with Crippen LogP contribution in [0.25, 0.3) is 11.4 Å². The molecule has 0 unspecified atom stereocenters. The zero-order valence-corrected chi connectivity index (χ0v) is 13.9. The van der Waals surface area contributed by atoms with E-state index in [9.17, 15) is 0 Å². The summed E-state index contributed by atoms with van der Waals surface area (Å²) in [4.78, 5) is 10.2. The standard InChI is InChI=1S/C14H14BrClN2S/c1-3-4-11-12(15)13(16)18-14(17-11)9-5-7-10(19-2)8-6-9/h5-8H,3-4H2,1-2H3. The van der Waals surface area contributed by atoms with Crippen LogP contribution < -0.4 is 0 Å². The lowest BCUT2D eigenvalue weighted by Gasteiger charge is -2.08. The van der Waals surface area contributed by atoms with Crippen molar-refractivity contribution in [3.05, 3.63) is 39.6 Å². The Balaban J connectivity index is 2.43. The van der Waals surface area contributed by atoms with Crippen LogP contribution in [0.15, 0.2) is 33.6 Å². The lowest BCUT2D eigenvalue weighted by molar-refractivity contribution is 0.868. The van der Waals surface area contributed by atoms with E-state index in [0.717, 1.165) is 28.6 Å². The molecule has 0 radical (unpaired) electrons. The molecule has 0 aliphatic carbocycles. The zero-order valence-electron chi connectivity index (χ0n) is 10.8. The van der Waals surface area contributed by atoms with Gasteiger partial charge in [0.1, 0.15) is 5.15 Å². The van der Waals surface area contributed by atoms with Crippen LogP contribution in [-0.4, -0.2) is 16.2 Å². The van der Waals surface area contributed by atoms with Crippen LogP contribution >= 0.6 is 39.3 Å². The highest BCUT2D eigenvalue weighted by Gasteiger charge is 2.11.